The summed E-state index contributed by atoms with van der Waals surface area (Å²) in [5.41, 5.74) is 0.683. The number of urea groups is 1. The standard InChI is InChI=1S/C19H15ClN4O4/c1-23-10-14(17(25)21-9-13-3-2-8-28-13)15-16(23)18(26)24(19(27)22-15)12-6-4-11(20)5-7-12/h2-8,10,16H,9H2,1H3,(H,21,25). The van der Waals surface area contributed by atoms with Gasteiger partial charge >= 0.3 is 6.03 Å². The summed E-state index contributed by atoms with van der Waals surface area (Å²) in [5, 5.41) is 3.19. The van der Waals surface area contributed by atoms with Crippen molar-refractivity contribution >= 4 is 40.8 Å². The summed E-state index contributed by atoms with van der Waals surface area (Å²) in [5.74, 6) is -0.335. The Morgan fingerprint density at radius 3 is 2.68 bits per heavy atom. The SMILES string of the molecule is CN1C=C(C(=O)NCc2ccco2)C2=NC(=O)N(c3ccc(Cl)cc3)C(=O)C21. The number of hydrogen-bond donors (Lipinski definition) is 1. The average Bonchev–Trinajstić information content (AvgIpc) is 3.29. The minimum absolute atomic E-state index is 0.139. The van der Waals surface area contributed by atoms with Crippen LogP contribution in [0.2, 0.25) is 5.02 Å². The van der Waals surface area contributed by atoms with Gasteiger partial charge in [0.25, 0.3) is 11.8 Å². The van der Waals surface area contributed by atoms with E-state index in [1.165, 1.54) is 12.5 Å². The molecular weight excluding hydrogens is 384 g/mol. The molecule has 3 heterocycles. The molecule has 8 nitrogen and oxygen atoms in total. The molecule has 0 fully saturated rings. The molecule has 0 radical (unpaired) electrons. The molecule has 1 aromatic heterocycles. The number of carbonyl (C=O) groups excluding carboxylic acids is 3. The van der Waals surface area contributed by atoms with Gasteiger partial charge in [0.05, 0.1) is 29.8 Å². The largest absolute Gasteiger partial charge is 0.467 e. The number of nitrogens with one attached hydrogen (secondary N) is 1. The van der Waals surface area contributed by atoms with E-state index < -0.39 is 23.9 Å². The highest BCUT2D eigenvalue weighted by molar-refractivity contribution is 6.39. The lowest BCUT2D eigenvalue weighted by Crippen LogP contribution is -2.53. The van der Waals surface area contributed by atoms with Crippen LogP contribution in [0.15, 0.2) is 63.8 Å². The number of hydrogen-bond acceptors (Lipinski definition) is 5. The third-order valence-corrected chi connectivity index (χ3v) is 4.72. The van der Waals surface area contributed by atoms with Crippen molar-refractivity contribution in [2.75, 3.05) is 11.9 Å². The van der Waals surface area contributed by atoms with Gasteiger partial charge in [-0.1, -0.05) is 11.6 Å². The fourth-order valence-corrected chi connectivity index (χ4v) is 3.27. The molecule has 142 valence electrons. The molecule has 9 heteroatoms. The van der Waals surface area contributed by atoms with Crippen molar-refractivity contribution in [3.63, 3.8) is 0 Å². The van der Waals surface area contributed by atoms with E-state index >= 15 is 0 Å². The predicted molar refractivity (Wildman–Crippen MR) is 102 cm³/mol. The normalized spacial score (nSPS) is 18.7. The molecule has 1 N–H and O–H groups in total. The summed E-state index contributed by atoms with van der Waals surface area (Å²) < 4.78 is 5.18. The van der Waals surface area contributed by atoms with Crippen LogP contribution in [0.4, 0.5) is 10.5 Å². The molecule has 0 saturated heterocycles. The fraction of sp³-hybridized carbons (Fsp3) is 0.158. The Balaban J connectivity index is 1.59. The summed E-state index contributed by atoms with van der Waals surface area (Å²) in [7, 11) is 1.65. The van der Waals surface area contributed by atoms with Gasteiger partial charge in [-0.2, -0.15) is 4.99 Å². The van der Waals surface area contributed by atoms with Crippen LogP contribution in [0.1, 0.15) is 5.76 Å². The molecule has 0 aliphatic carbocycles. The number of benzene rings is 1. The number of nitrogens with zero attached hydrogens (tertiary/aromatic N) is 3. The van der Waals surface area contributed by atoms with Crippen molar-refractivity contribution in [2.45, 2.75) is 12.6 Å². The van der Waals surface area contributed by atoms with Gasteiger partial charge in [-0.05, 0) is 36.4 Å². The number of carbonyl (C=O) groups is 3. The van der Waals surface area contributed by atoms with Gasteiger partial charge in [0.1, 0.15) is 5.76 Å². The summed E-state index contributed by atoms with van der Waals surface area (Å²) in [6.07, 6.45) is 3.02. The highest BCUT2D eigenvalue weighted by Gasteiger charge is 2.46. The number of imide groups is 1. The van der Waals surface area contributed by atoms with Gasteiger partial charge in [-0.15, -0.1) is 0 Å². The van der Waals surface area contributed by atoms with E-state index in [1.807, 2.05) is 0 Å². The third-order valence-electron chi connectivity index (χ3n) is 4.47. The van der Waals surface area contributed by atoms with E-state index in [9.17, 15) is 14.4 Å². The summed E-state index contributed by atoms with van der Waals surface area (Å²) in [6, 6.07) is 8.15. The lowest BCUT2D eigenvalue weighted by molar-refractivity contribution is -0.120. The first-order valence-corrected chi connectivity index (χ1v) is 8.80. The first-order chi connectivity index (χ1) is 13.5. The lowest BCUT2D eigenvalue weighted by atomic mass is 10.0. The fourth-order valence-electron chi connectivity index (χ4n) is 3.15. The Labute approximate surface area is 165 Å². The molecule has 1 aromatic carbocycles. The molecule has 0 saturated carbocycles. The molecule has 2 aromatic rings. The summed E-state index contributed by atoms with van der Waals surface area (Å²) in [6.45, 7) is 0.184. The second-order valence-electron chi connectivity index (χ2n) is 6.30. The minimum atomic E-state index is -0.849. The molecule has 0 bridgehead atoms. The van der Waals surface area contributed by atoms with E-state index in [2.05, 4.69) is 10.3 Å². The highest BCUT2D eigenvalue weighted by atomic mass is 35.5. The number of fused-ring (bicyclic) bond motifs is 1. The Kier molecular flexibility index (Phi) is 4.48. The van der Waals surface area contributed by atoms with E-state index in [0.29, 0.717) is 16.5 Å². The maximum Gasteiger partial charge on any atom is 0.355 e. The molecule has 1 atom stereocenters. The number of aliphatic imine (C=N–C) groups is 1. The molecule has 2 aliphatic heterocycles. The first-order valence-electron chi connectivity index (χ1n) is 8.42. The molecule has 1 unspecified atom stereocenters. The Morgan fingerprint density at radius 1 is 1.25 bits per heavy atom. The van der Waals surface area contributed by atoms with Crippen LogP contribution in [0, 0.1) is 0 Å². The number of anilines is 1. The van der Waals surface area contributed by atoms with Crippen molar-refractivity contribution in [2.24, 2.45) is 4.99 Å². The number of rotatable bonds is 4. The van der Waals surface area contributed by atoms with E-state index in [-0.39, 0.29) is 17.8 Å². The molecule has 4 amide bonds. The molecule has 2 aliphatic rings. The van der Waals surface area contributed by atoms with Crippen molar-refractivity contribution < 1.29 is 18.8 Å². The van der Waals surface area contributed by atoms with E-state index in [0.717, 1.165) is 4.90 Å². The van der Waals surface area contributed by atoms with Gasteiger partial charge in [-0.25, -0.2) is 9.69 Å². The maximum absolute atomic E-state index is 13.0. The van der Waals surface area contributed by atoms with E-state index in [4.69, 9.17) is 16.0 Å². The Hall–Kier alpha value is -3.39. The van der Waals surface area contributed by atoms with Crippen LogP contribution in [0.3, 0.4) is 0 Å². The molecule has 28 heavy (non-hydrogen) atoms. The van der Waals surface area contributed by atoms with Crippen molar-refractivity contribution in [1.29, 1.82) is 0 Å². The topological polar surface area (TPSA) is 95.2 Å². The van der Waals surface area contributed by atoms with Gasteiger partial charge in [0.2, 0.25) is 0 Å². The molecule has 0 spiro atoms. The smallest absolute Gasteiger partial charge is 0.355 e. The molecular formula is C19H15ClN4O4. The highest BCUT2D eigenvalue weighted by Crippen LogP contribution is 2.28. The van der Waals surface area contributed by atoms with Crippen molar-refractivity contribution in [1.82, 2.24) is 10.2 Å². The van der Waals surface area contributed by atoms with E-state index in [1.54, 1.807) is 48.3 Å². The number of amides is 4. The monoisotopic (exact) mass is 398 g/mol. The quantitative estimate of drug-likeness (QED) is 0.853. The summed E-state index contributed by atoms with van der Waals surface area (Å²) in [4.78, 5) is 44.7. The van der Waals surface area contributed by atoms with Crippen LogP contribution >= 0.6 is 11.6 Å². The lowest BCUT2D eigenvalue weighted by Gasteiger charge is -2.30. The van der Waals surface area contributed by atoms with Crippen LogP contribution in [0.5, 0.6) is 0 Å². The zero-order chi connectivity index (χ0) is 19.8. The van der Waals surface area contributed by atoms with Gasteiger partial charge in [0, 0.05) is 18.3 Å². The van der Waals surface area contributed by atoms with Crippen LogP contribution in [-0.2, 0) is 16.1 Å². The second-order valence-corrected chi connectivity index (χ2v) is 6.74. The number of halogens is 1. The second kappa shape index (κ2) is 6.97. The van der Waals surface area contributed by atoms with Gasteiger partial charge in [-0.3, -0.25) is 9.59 Å². The zero-order valence-corrected chi connectivity index (χ0v) is 15.5. The first kappa shape index (κ1) is 18.0. The Morgan fingerprint density at radius 2 is 2.00 bits per heavy atom. The average molecular weight is 399 g/mol. The van der Waals surface area contributed by atoms with Crippen LogP contribution in [-0.4, -0.2) is 41.5 Å². The summed E-state index contributed by atoms with van der Waals surface area (Å²) >= 11 is 5.87. The third kappa shape index (κ3) is 3.07. The van der Waals surface area contributed by atoms with Gasteiger partial charge < -0.3 is 14.6 Å². The minimum Gasteiger partial charge on any atom is -0.467 e. The maximum atomic E-state index is 13.0. The Bertz CT molecular complexity index is 1010. The number of furan rings is 1. The van der Waals surface area contributed by atoms with Crippen molar-refractivity contribution in [3.05, 3.63) is 65.2 Å². The van der Waals surface area contributed by atoms with Crippen molar-refractivity contribution in [3.8, 4) is 0 Å². The molecule has 4 rings (SSSR count). The number of likely N-dealkylation sites (N-methyl/N-ethyl adjacent to an activating group) is 1. The predicted octanol–water partition coefficient (Wildman–Crippen LogP) is 2.35. The van der Waals surface area contributed by atoms with Crippen LogP contribution in [0.25, 0.3) is 0 Å². The zero-order valence-electron chi connectivity index (χ0n) is 14.8. The van der Waals surface area contributed by atoms with Gasteiger partial charge in [0.15, 0.2) is 6.04 Å². The van der Waals surface area contributed by atoms with Crippen LogP contribution < -0.4 is 10.2 Å².